The summed E-state index contributed by atoms with van der Waals surface area (Å²) in [5, 5.41) is 37.7. The molecule has 0 aromatic heterocycles. The normalized spacial score (nSPS) is 17.9. The van der Waals surface area contributed by atoms with Gasteiger partial charge >= 0.3 is 0 Å². The van der Waals surface area contributed by atoms with E-state index in [-0.39, 0.29) is 54.7 Å². The number of rotatable bonds is 6. The molecule has 0 saturated heterocycles. The van der Waals surface area contributed by atoms with Crippen molar-refractivity contribution in [3.8, 4) is 0 Å². The smallest absolute Gasteiger partial charge is 0.283 e. The summed E-state index contributed by atoms with van der Waals surface area (Å²) in [4.78, 5) is 67.3. The van der Waals surface area contributed by atoms with Gasteiger partial charge in [-0.05, 0) is 328 Å². The van der Waals surface area contributed by atoms with Crippen LogP contribution in [-0.2, 0) is 116 Å². The number of anilines is 2. The van der Waals surface area contributed by atoms with Crippen molar-refractivity contribution in [3.05, 3.63) is 304 Å². The Balaban J connectivity index is 0.000000107. The predicted molar refractivity (Wildman–Crippen MR) is 439 cm³/mol. The second-order valence-corrected chi connectivity index (χ2v) is 35.7. The van der Waals surface area contributed by atoms with E-state index in [9.17, 15) is 44.7 Å². The lowest BCUT2D eigenvalue weighted by atomic mass is 9.96. The lowest BCUT2D eigenvalue weighted by molar-refractivity contribution is -0.386. The Morgan fingerprint density at radius 3 is 1.17 bits per heavy atom. The van der Waals surface area contributed by atoms with E-state index in [4.69, 9.17) is 11.5 Å². The number of allylic oxidation sites excluding steroid dienone is 1. The van der Waals surface area contributed by atoms with Gasteiger partial charge in [0, 0.05) is 69.6 Å². The summed E-state index contributed by atoms with van der Waals surface area (Å²) < 4.78 is 0. The molecular weight excluding hydrogens is 1450 g/mol. The van der Waals surface area contributed by atoms with E-state index in [1.807, 2.05) is 12.1 Å². The minimum atomic E-state index is -1.53. The Labute approximate surface area is 656 Å². The number of Topliss-reactive ketones (excluding diaryl/α,β-unsaturated/α-hetero) is 3. The van der Waals surface area contributed by atoms with Crippen molar-refractivity contribution in [3.63, 3.8) is 0 Å². The third-order valence-electron chi connectivity index (χ3n) is 25.8. The first kappa shape index (κ1) is 77.2. The number of nitro benzene ring substituents is 3. The zero-order chi connectivity index (χ0) is 75.9. The number of nitrogen functional groups attached to an aromatic ring is 2. The Morgan fingerprint density at radius 1 is 0.345 bits per heavy atom. The molecule has 0 amide bonds. The standard InChI is InChI=1S/C19H18P.C13H13NO2.2C13H17N.2C12H11NO3.C12H12O.BrH/c1-20(17-11-5-2-6-12-17,18-13-7-3-8-14-18)19-15-9-4-10-16-19;1-8-5-6-11-12(8)7-9-3-2-4-10(9)13(11)14(15)16;2*1-8-5-6-11-12(8)7-9-3-2-4-10(9)13(11)14;14-10-5-4-8-6-7-2-1-3-9(7)12(11(8)10)13(15)16;14-11-5-4-9-10(11)6-7-2-1-3-8(7)12(9)13(15)16;13-12-5-4-10-6-8-2-1-3-9(8)7-11(10)12;/h2-16H,1H3;7H,1-6H2;2*7-8H,2-6,14H2,1H3;2*6H,1-5H2;6-7H,1-5H2;1H/q+1;;;;;;;/p-1. The molecule has 0 radical (unpaired) electrons. The average molecular weight is 1550 g/mol. The second kappa shape index (κ2) is 32.8. The highest BCUT2D eigenvalue weighted by atomic mass is 79.9. The zero-order valence-electron chi connectivity index (χ0n) is 63.8. The van der Waals surface area contributed by atoms with Crippen LogP contribution >= 0.6 is 7.26 Å². The van der Waals surface area contributed by atoms with Crippen LogP contribution in [0.15, 0.2) is 140 Å². The van der Waals surface area contributed by atoms with Gasteiger partial charge in [-0.3, -0.25) is 44.7 Å². The lowest BCUT2D eigenvalue weighted by Gasteiger charge is -2.22. The fourth-order valence-corrected chi connectivity index (χ4v) is 23.2. The van der Waals surface area contributed by atoms with Crippen LogP contribution in [0.4, 0.5) is 28.4 Å². The predicted octanol–water partition coefficient (Wildman–Crippen LogP) is 16.0. The molecule has 12 aliphatic carbocycles. The molecule has 21 rings (SSSR count). The van der Waals surface area contributed by atoms with E-state index in [0.29, 0.717) is 53.8 Å². The molecule has 0 fully saturated rings. The number of hydrogen-bond donors (Lipinski definition) is 2. The van der Waals surface area contributed by atoms with Crippen molar-refractivity contribution < 1.29 is 46.1 Å². The fourth-order valence-electron chi connectivity index (χ4n) is 20.0. The third kappa shape index (κ3) is 14.9. The number of nitrogens with zero attached hydrogens (tertiary/aromatic N) is 3. The molecule has 0 saturated carbocycles. The minimum absolute atomic E-state index is 0. The number of benzene rings is 9. The van der Waals surface area contributed by atoms with Gasteiger partial charge in [-0.25, -0.2) is 0 Å². The molecule has 110 heavy (non-hydrogen) atoms. The molecule has 2 atom stereocenters. The topological polar surface area (TPSA) is 233 Å². The van der Waals surface area contributed by atoms with Gasteiger partial charge in [0.25, 0.3) is 17.1 Å². The highest BCUT2D eigenvalue weighted by Crippen LogP contribution is 2.52. The Kier molecular flexibility index (Phi) is 23.0. The summed E-state index contributed by atoms with van der Waals surface area (Å²) in [6, 6.07) is 48.0. The number of nitrogens with two attached hydrogens (primary N) is 2. The molecule has 0 bridgehead atoms. The first-order valence-corrected chi connectivity index (χ1v) is 42.3. The Hall–Kier alpha value is -9.56. The second-order valence-electron chi connectivity index (χ2n) is 32.1. The number of ketones is 3. The van der Waals surface area contributed by atoms with Crippen LogP contribution in [-0.4, -0.2) is 38.8 Å². The molecule has 2 unspecified atom stereocenters. The Morgan fingerprint density at radius 2 is 0.691 bits per heavy atom. The van der Waals surface area contributed by atoms with Gasteiger partial charge in [0.1, 0.15) is 23.2 Å². The van der Waals surface area contributed by atoms with Gasteiger partial charge < -0.3 is 28.4 Å². The average Bonchev–Trinajstić information content (AvgIpc) is 1.26. The van der Waals surface area contributed by atoms with E-state index in [2.05, 4.69) is 148 Å². The summed E-state index contributed by atoms with van der Waals surface area (Å²) in [6.45, 7) is 11.1. The van der Waals surface area contributed by atoms with Crippen LogP contribution in [0.5, 0.6) is 0 Å². The van der Waals surface area contributed by atoms with Crippen LogP contribution in [0.3, 0.4) is 0 Å². The van der Waals surface area contributed by atoms with E-state index < -0.39 is 7.26 Å². The van der Waals surface area contributed by atoms with Gasteiger partial charge in [-0.15, -0.1) is 0 Å². The van der Waals surface area contributed by atoms with E-state index in [0.717, 1.165) is 162 Å². The van der Waals surface area contributed by atoms with Gasteiger partial charge in [-0.1, -0.05) is 105 Å². The number of aryl methyl sites for hydroxylation is 9. The molecule has 12 aliphatic rings. The molecule has 0 heterocycles. The van der Waals surface area contributed by atoms with Crippen molar-refractivity contribution in [2.45, 2.75) is 218 Å². The van der Waals surface area contributed by atoms with E-state index in [1.54, 1.807) is 11.1 Å². The van der Waals surface area contributed by atoms with Gasteiger partial charge in [0.05, 0.1) is 27.0 Å². The molecule has 9 aromatic rings. The van der Waals surface area contributed by atoms with Crippen LogP contribution in [0, 0.1) is 30.3 Å². The molecule has 0 spiro atoms. The number of carbonyl (C=O) groups excluding carboxylic acids is 3. The molecule has 0 aliphatic heterocycles. The monoisotopic (exact) mass is 1550 g/mol. The van der Waals surface area contributed by atoms with Crippen LogP contribution in [0.2, 0.25) is 0 Å². The maximum atomic E-state index is 11.7. The minimum Gasteiger partial charge on any atom is -1.00 e. The summed E-state index contributed by atoms with van der Waals surface area (Å²) >= 11 is 0. The van der Waals surface area contributed by atoms with Crippen molar-refractivity contribution in [2.24, 2.45) is 0 Å². The van der Waals surface area contributed by atoms with Crippen molar-refractivity contribution in [1.29, 1.82) is 0 Å². The van der Waals surface area contributed by atoms with Crippen molar-refractivity contribution in [1.82, 2.24) is 0 Å². The van der Waals surface area contributed by atoms with Gasteiger partial charge in [-0.2, -0.15) is 0 Å². The highest BCUT2D eigenvalue weighted by Gasteiger charge is 2.41. The van der Waals surface area contributed by atoms with Gasteiger partial charge in [0.15, 0.2) is 17.3 Å². The first-order chi connectivity index (χ1) is 52.7. The maximum absolute atomic E-state index is 11.7. The summed E-state index contributed by atoms with van der Waals surface area (Å²) in [6.07, 6.45) is 29.8. The molecule has 9 aromatic carbocycles. The SMILES string of the molecule is C=C1CCc2c1cc1c(c2[N+](=O)[O-])CCC1.CC1CCc2c1cc1c(c2N)CCC1.CC1CCc2c1cc1c(c2N)CCC1.C[P+](c1ccccc1)(c1ccccc1)c1ccccc1.O=C1CCc2c1cc1c(c2[N+](=O)[O-])CCC1.O=C1CCc2cc3c(c([N+](=O)[O-])c21)CCC3.O=C1CCc2cc3c(cc21)CCC3.[Br-]. The first-order valence-electron chi connectivity index (χ1n) is 40.0. The van der Waals surface area contributed by atoms with Crippen LogP contribution in [0.1, 0.15) is 251 Å². The number of nitro groups is 3. The van der Waals surface area contributed by atoms with Crippen LogP contribution < -0.4 is 44.4 Å². The summed E-state index contributed by atoms with van der Waals surface area (Å²) in [5.74, 6) is 1.82. The molecule has 16 heteroatoms. The lowest BCUT2D eigenvalue weighted by Crippen LogP contribution is -3.00. The molecule has 566 valence electrons. The van der Waals surface area contributed by atoms with E-state index >= 15 is 0 Å². The number of hydrogen-bond acceptors (Lipinski definition) is 11. The zero-order valence-corrected chi connectivity index (χ0v) is 66.3. The molecule has 4 N–H and O–H groups in total. The number of carbonyl (C=O) groups is 3. The van der Waals surface area contributed by atoms with Crippen molar-refractivity contribution >= 4 is 74.5 Å². The maximum Gasteiger partial charge on any atom is 0.283 e. The van der Waals surface area contributed by atoms with E-state index in [1.165, 1.54) is 155 Å². The largest absolute Gasteiger partial charge is 1.00 e. The summed E-state index contributed by atoms with van der Waals surface area (Å²) in [5.41, 5.74) is 44.3. The van der Waals surface area contributed by atoms with Crippen LogP contribution in [0.25, 0.3) is 5.57 Å². The van der Waals surface area contributed by atoms with Crippen molar-refractivity contribution in [2.75, 3.05) is 18.1 Å². The van der Waals surface area contributed by atoms with Gasteiger partial charge in [0.2, 0.25) is 0 Å². The number of fused-ring (bicyclic) bond motifs is 12. The molecule has 14 nitrogen and oxygen atoms in total. The summed E-state index contributed by atoms with van der Waals surface area (Å²) in [7, 11) is -1.53. The number of halogens is 1. The third-order valence-corrected chi connectivity index (χ3v) is 29.8. The quantitative estimate of drug-likeness (QED) is 0.0688. The fraction of sp³-hybridized carbons (Fsp3) is 0.372. The highest BCUT2D eigenvalue weighted by molar-refractivity contribution is 7.95. The molecular formula is C94H99BrN5O9P. The Bertz CT molecular complexity index is 4940.